The summed E-state index contributed by atoms with van der Waals surface area (Å²) in [4.78, 5) is 37.5. The molecule has 1 aliphatic rings. The van der Waals surface area contributed by atoms with Gasteiger partial charge in [-0.15, -0.1) is 0 Å². The number of anilines is 1. The number of aromatic hydroxyl groups is 1. The van der Waals surface area contributed by atoms with Gasteiger partial charge in [-0.05, 0) is 64.1 Å². The van der Waals surface area contributed by atoms with Gasteiger partial charge in [-0.1, -0.05) is 17.7 Å². The predicted molar refractivity (Wildman–Crippen MR) is 109 cm³/mol. The average molecular weight is 486 g/mol. The summed E-state index contributed by atoms with van der Waals surface area (Å²) >= 11 is 9.72. The second kappa shape index (κ2) is 8.34. The van der Waals surface area contributed by atoms with E-state index in [1.807, 2.05) is 0 Å². The Morgan fingerprint density at radius 1 is 1.32 bits per heavy atom. The zero-order chi connectivity index (χ0) is 20.4. The molecule has 0 aromatic heterocycles. The number of phenols is 1. The topological polar surface area (TPSA) is 86.7 Å². The molecule has 2 aromatic rings. The van der Waals surface area contributed by atoms with E-state index in [1.54, 1.807) is 0 Å². The molecule has 1 heterocycles. The number of carbonyl (C=O) groups is 3. The Bertz CT molecular complexity index is 1030. The van der Waals surface area contributed by atoms with Crippen LogP contribution in [0.25, 0.3) is 6.08 Å². The molecule has 3 rings (SSSR count). The Morgan fingerprint density at radius 2 is 2.07 bits per heavy atom. The highest BCUT2D eigenvalue weighted by Gasteiger charge is 2.36. The van der Waals surface area contributed by atoms with Crippen LogP contribution in [0.1, 0.15) is 5.56 Å². The Balaban J connectivity index is 1.76. The lowest BCUT2D eigenvalue weighted by Crippen LogP contribution is -2.36. The molecular weight excluding hydrogens is 475 g/mol. The molecule has 0 unspecified atom stereocenters. The zero-order valence-corrected chi connectivity index (χ0v) is 17.1. The van der Waals surface area contributed by atoms with Crippen LogP contribution in [0.3, 0.4) is 0 Å². The van der Waals surface area contributed by atoms with Gasteiger partial charge in [-0.25, -0.2) is 4.39 Å². The number of hydrogen-bond acceptors (Lipinski definition) is 5. The second-order valence-corrected chi connectivity index (χ2v) is 7.94. The van der Waals surface area contributed by atoms with E-state index in [-0.39, 0.29) is 21.9 Å². The van der Waals surface area contributed by atoms with Gasteiger partial charge in [0.15, 0.2) is 0 Å². The summed E-state index contributed by atoms with van der Waals surface area (Å²) in [5, 5.41) is 12.2. The van der Waals surface area contributed by atoms with Crippen LogP contribution in [0.15, 0.2) is 45.8 Å². The molecule has 0 saturated carbocycles. The Labute approximate surface area is 176 Å². The van der Waals surface area contributed by atoms with Crippen molar-refractivity contribution in [2.24, 2.45) is 0 Å². The number of amides is 3. The number of hydrogen-bond donors (Lipinski definition) is 2. The van der Waals surface area contributed by atoms with Crippen molar-refractivity contribution in [1.29, 1.82) is 0 Å². The number of halogens is 3. The highest BCUT2D eigenvalue weighted by atomic mass is 79.9. The second-order valence-electron chi connectivity index (χ2n) is 5.65. The van der Waals surface area contributed by atoms with E-state index in [9.17, 15) is 23.9 Å². The standard InChI is InChI=1S/C18H11BrClFN2O4S/c19-13-6-10(20)4-9(16(13)25)5-14-17(26)23(18(27)28-14)8-15(24)22-12-3-1-2-11(21)7-12/h1-7,25H,8H2,(H,22,24)/b14-5+. The number of thioether (sulfide) groups is 1. The van der Waals surface area contributed by atoms with Crippen molar-refractivity contribution in [3.63, 3.8) is 0 Å². The summed E-state index contributed by atoms with van der Waals surface area (Å²) in [5.74, 6) is -2.00. The maximum atomic E-state index is 13.2. The third kappa shape index (κ3) is 4.54. The Hall–Kier alpha value is -2.36. The maximum absolute atomic E-state index is 13.2. The van der Waals surface area contributed by atoms with Crippen molar-refractivity contribution in [3.05, 3.63) is 62.2 Å². The average Bonchev–Trinajstić information content (AvgIpc) is 2.86. The maximum Gasteiger partial charge on any atom is 0.294 e. The Kier molecular flexibility index (Phi) is 6.07. The summed E-state index contributed by atoms with van der Waals surface area (Å²) in [6, 6.07) is 8.16. The third-order valence-corrected chi connectivity index (χ3v) is 5.36. The van der Waals surface area contributed by atoms with Crippen LogP contribution in [-0.4, -0.2) is 33.6 Å². The first kappa shape index (κ1) is 20.4. The van der Waals surface area contributed by atoms with Crippen LogP contribution in [0, 0.1) is 5.82 Å². The zero-order valence-electron chi connectivity index (χ0n) is 13.9. The molecule has 28 heavy (non-hydrogen) atoms. The van der Waals surface area contributed by atoms with Crippen molar-refractivity contribution in [2.45, 2.75) is 0 Å². The van der Waals surface area contributed by atoms with Crippen LogP contribution >= 0.6 is 39.3 Å². The van der Waals surface area contributed by atoms with Crippen molar-refractivity contribution in [1.82, 2.24) is 4.90 Å². The van der Waals surface area contributed by atoms with Crippen molar-refractivity contribution in [2.75, 3.05) is 11.9 Å². The first-order valence-electron chi connectivity index (χ1n) is 7.73. The van der Waals surface area contributed by atoms with Gasteiger partial charge in [-0.2, -0.15) is 0 Å². The van der Waals surface area contributed by atoms with Gasteiger partial charge in [0.05, 0.1) is 9.38 Å². The quantitative estimate of drug-likeness (QED) is 0.617. The lowest BCUT2D eigenvalue weighted by atomic mass is 10.2. The van der Waals surface area contributed by atoms with Crippen LogP contribution in [0.4, 0.5) is 14.9 Å². The lowest BCUT2D eigenvalue weighted by molar-refractivity contribution is -0.127. The van der Waals surface area contributed by atoms with E-state index in [0.717, 1.165) is 11.0 Å². The van der Waals surface area contributed by atoms with Gasteiger partial charge in [0, 0.05) is 16.3 Å². The fourth-order valence-electron chi connectivity index (χ4n) is 2.38. The van der Waals surface area contributed by atoms with Crippen molar-refractivity contribution in [3.8, 4) is 5.75 Å². The molecule has 1 aliphatic heterocycles. The number of rotatable bonds is 4. The van der Waals surface area contributed by atoms with Gasteiger partial charge >= 0.3 is 0 Å². The molecule has 2 aromatic carbocycles. The SMILES string of the molecule is O=C(CN1C(=O)S/C(=C/c2cc(Cl)cc(Br)c2O)C1=O)Nc1cccc(F)c1. The monoisotopic (exact) mass is 484 g/mol. The summed E-state index contributed by atoms with van der Waals surface area (Å²) in [6.07, 6.45) is 1.32. The van der Waals surface area contributed by atoms with Crippen LogP contribution in [0.2, 0.25) is 5.02 Å². The van der Waals surface area contributed by atoms with E-state index in [2.05, 4.69) is 21.2 Å². The van der Waals surface area contributed by atoms with Crippen LogP contribution in [-0.2, 0) is 9.59 Å². The van der Waals surface area contributed by atoms with E-state index in [4.69, 9.17) is 11.6 Å². The van der Waals surface area contributed by atoms with E-state index >= 15 is 0 Å². The molecule has 0 spiro atoms. The number of imide groups is 1. The minimum Gasteiger partial charge on any atom is -0.506 e. The van der Waals surface area contributed by atoms with Crippen LogP contribution in [0.5, 0.6) is 5.75 Å². The number of phenolic OH excluding ortho intramolecular Hbond substituents is 1. The first-order valence-corrected chi connectivity index (χ1v) is 9.72. The lowest BCUT2D eigenvalue weighted by Gasteiger charge is -2.12. The number of carbonyl (C=O) groups excluding carboxylic acids is 3. The molecule has 0 atom stereocenters. The molecule has 6 nitrogen and oxygen atoms in total. The third-order valence-electron chi connectivity index (χ3n) is 3.63. The minimum atomic E-state index is -0.681. The number of nitrogens with one attached hydrogen (secondary N) is 1. The summed E-state index contributed by atoms with van der Waals surface area (Å²) in [5.41, 5.74) is 0.454. The normalized spacial score (nSPS) is 15.4. The highest BCUT2D eigenvalue weighted by molar-refractivity contribution is 9.10. The number of benzene rings is 2. The molecule has 144 valence electrons. The molecule has 1 fully saturated rings. The molecule has 0 aliphatic carbocycles. The van der Waals surface area contributed by atoms with E-state index < -0.39 is 29.4 Å². The van der Waals surface area contributed by atoms with Crippen LogP contribution < -0.4 is 5.32 Å². The fourth-order valence-corrected chi connectivity index (χ4v) is 4.05. The van der Waals surface area contributed by atoms with Gasteiger partial charge in [0.1, 0.15) is 18.1 Å². The van der Waals surface area contributed by atoms with Gasteiger partial charge in [0.2, 0.25) is 5.91 Å². The Morgan fingerprint density at radius 3 is 2.79 bits per heavy atom. The first-order chi connectivity index (χ1) is 13.2. The molecule has 2 N–H and O–H groups in total. The molecule has 0 radical (unpaired) electrons. The largest absolute Gasteiger partial charge is 0.506 e. The van der Waals surface area contributed by atoms with Gasteiger partial charge < -0.3 is 10.4 Å². The summed E-state index contributed by atoms with van der Waals surface area (Å²) in [6.45, 7) is -0.524. The molecule has 1 saturated heterocycles. The molecule has 0 bridgehead atoms. The van der Waals surface area contributed by atoms with Gasteiger partial charge in [0.25, 0.3) is 11.1 Å². The molecular formula is C18H11BrClFN2O4S. The highest BCUT2D eigenvalue weighted by Crippen LogP contribution is 2.37. The van der Waals surface area contributed by atoms with Gasteiger partial charge in [-0.3, -0.25) is 19.3 Å². The summed E-state index contributed by atoms with van der Waals surface area (Å²) in [7, 11) is 0. The van der Waals surface area contributed by atoms with Crippen molar-refractivity contribution < 1.29 is 23.9 Å². The minimum absolute atomic E-state index is 0.0352. The molecule has 10 heteroatoms. The van der Waals surface area contributed by atoms with E-state index in [0.29, 0.717) is 21.3 Å². The molecule has 3 amide bonds. The van der Waals surface area contributed by atoms with E-state index in [1.165, 1.54) is 36.4 Å². The smallest absolute Gasteiger partial charge is 0.294 e. The fraction of sp³-hybridized carbons (Fsp3) is 0.0556. The van der Waals surface area contributed by atoms with Crippen molar-refractivity contribution >= 4 is 68.1 Å². The summed E-state index contributed by atoms with van der Waals surface area (Å²) < 4.78 is 13.5. The number of nitrogens with zero attached hydrogens (tertiary/aromatic N) is 1. The predicted octanol–water partition coefficient (Wildman–Crippen LogP) is 4.62.